The number of thiazole rings is 1. The number of carbonyl (C=O) groups excluding carboxylic acids is 1. The molecule has 0 amide bonds. The van der Waals surface area contributed by atoms with E-state index in [2.05, 4.69) is 10.1 Å². The molecule has 0 unspecified atom stereocenters. The second-order valence-electron chi connectivity index (χ2n) is 5.00. The molecule has 124 valence electrons. The predicted octanol–water partition coefficient (Wildman–Crippen LogP) is 1.20. The quantitative estimate of drug-likeness (QED) is 0.522. The Kier molecular flexibility index (Phi) is 4.30. The maximum Gasteiger partial charge on any atom is 0.308 e. The molecular weight excluding hydrogens is 330 g/mol. The van der Waals surface area contributed by atoms with Gasteiger partial charge in [-0.1, -0.05) is 24.3 Å². The average Bonchev–Trinajstić information content (AvgIpc) is 3.08. The average molecular weight is 345 g/mol. The number of carbonyl (C=O) groups is 1. The number of fused-ring (bicyclic) bond motifs is 1. The topological polar surface area (TPSA) is 82.8 Å². The summed E-state index contributed by atoms with van der Waals surface area (Å²) in [4.78, 5) is 28.3. The lowest BCUT2D eigenvalue weighted by Gasteiger charge is -2.08. The van der Waals surface area contributed by atoms with Crippen molar-refractivity contribution >= 4 is 28.3 Å². The second-order valence-corrected chi connectivity index (χ2v) is 6.00. The van der Waals surface area contributed by atoms with Gasteiger partial charge >= 0.3 is 5.97 Å². The number of esters is 1. The molecule has 0 aliphatic carbocycles. The van der Waals surface area contributed by atoms with Crippen molar-refractivity contribution in [2.24, 2.45) is 0 Å². The third kappa shape index (κ3) is 3.00. The third-order valence-electron chi connectivity index (χ3n) is 3.28. The van der Waals surface area contributed by atoms with E-state index in [-0.39, 0.29) is 5.56 Å². The smallest absolute Gasteiger partial charge is 0.308 e. The number of nitrogens with zero attached hydrogens (tertiary/aromatic N) is 3. The lowest BCUT2D eigenvalue weighted by Crippen LogP contribution is -2.23. The van der Waals surface area contributed by atoms with Gasteiger partial charge in [0.15, 0.2) is 17.3 Å². The van der Waals surface area contributed by atoms with Gasteiger partial charge in [-0.2, -0.15) is 4.52 Å². The van der Waals surface area contributed by atoms with E-state index in [1.807, 2.05) is 6.92 Å². The van der Waals surface area contributed by atoms with Crippen LogP contribution >= 0.6 is 11.3 Å². The summed E-state index contributed by atoms with van der Waals surface area (Å²) in [6.45, 7) is 3.26. The van der Waals surface area contributed by atoms with Crippen LogP contribution in [0.1, 0.15) is 25.2 Å². The standard InChI is InChI=1S/C16H15N3O4S/c1-4-14-17-16-19(18-14)15(21)13(24-16)8-10-5-6-11(23-9(2)20)12(7-10)22-3/h5-8H,4H2,1-3H3/b13-8-. The lowest BCUT2D eigenvalue weighted by molar-refractivity contribution is -0.132. The van der Waals surface area contributed by atoms with Crippen molar-refractivity contribution in [3.05, 3.63) is 44.5 Å². The van der Waals surface area contributed by atoms with Gasteiger partial charge in [0.1, 0.15) is 0 Å². The van der Waals surface area contributed by atoms with Gasteiger partial charge in [-0.15, -0.1) is 5.10 Å². The number of rotatable bonds is 4. The summed E-state index contributed by atoms with van der Waals surface area (Å²) in [5.74, 6) is 0.973. The molecule has 0 bridgehead atoms. The van der Waals surface area contributed by atoms with Crippen molar-refractivity contribution in [2.75, 3.05) is 7.11 Å². The molecule has 3 rings (SSSR count). The van der Waals surface area contributed by atoms with Crippen LogP contribution in [0.5, 0.6) is 11.5 Å². The Balaban J connectivity index is 2.05. The first-order valence-electron chi connectivity index (χ1n) is 7.28. The van der Waals surface area contributed by atoms with Crippen LogP contribution in [0.25, 0.3) is 11.0 Å². The SMILES string of the molecule is CCc1nc2s/c(=C\c3ccc(OC(C)=O)c(OC)c3)c(=O)n2n1. The molecule has 0 saturated carbocycles. The Labute approximate surface area is 141 Å². The Morgan fingerprint density at radius 3 is 2.79 bits per heavy atom. The number of aryl methyl sites for hydroxylation is 1. The van der Waals surface area contributed by atoms with Gasteiger partial charge in [0, 0.05) is 13.3 Å². The van der Waals surface area contributed by atoms with Gasteiger partial charge in [0.2, 0.25) is 4.96 Å². The van der Waals surface area contributed by atoms with E-state index in [0.717, 1.165) is 5.56 Å². The molecule has 7 nitrogen and oxygen atoms in total. The molecule has 1 aromatic carbocycles. The molecule has 0 aliphatic heterocycles. The molecule has 0 atom stereocenters. The summed E-state index contributed by atoms with van der Waals surface area (Å²) < 4.78 is 12.1. The first kappa shape index (κ1) is 16.1. The number of aromatic nitrogens is 3. The van der Waals surface area contributed by atoms with Crippen LogP contribution in [0.15, 0.2) is 23.0 Å². The fraction of sp³-hybridized carbons (Fsp3) is 0.250. The highest BCUT2D eigenvalue weighted by Gasteiger charge is 2.10. The van der Waals surface area contributed by atoms with Crippen LogP contribution in [0.2, 0.25) is 0 Å². The molecule has 0 radical (unpaired) electrons. The summed E-state index contributed by atoms with van der Waals surface area (Å²) in [7, 11) is 1.49. The minimum absolute atomic E-state index is 0.203. The van der Waals surface area contributed by atoms with Crippen molar-refractivity contribution in [1.29, 1.82) is 0 Å². The van der Waals surface area contributed by atoms with Crippen molar-refractivity contribution in [2.45, 2.75) is 20.3 Å². The Morgan fingerprint density at radius 1 is 1.38 bits per heavy atom. The summed E-state index contributed by atoms with van der Waals surface area (Å²) in [5.41, 5.74) is 0.547. The zero-order chi connectivity index (χ0) is 17.3. The van der Waals surface area contributed by atoms with Gasteiger partial charge in [-0.25, -0.2) is 4.98 Å². The second kappa shape index (κ2) is 6.40. The van der Waals surface area contributed by atoms with Gasteiger partial charge in [-0.05, 0) is 23.8 Å². The van der Waals surface area contributed by atoms with E-state index in [1.165, 1.54) is 29.9 Å². The normalized spacial score (nSPS) is 11.9. The first-order valence-corrected chi connectivity index (χ1v) is 8.10. The molecule has 0 aliphatic rings. The number of hydrogen-bond donors (Lipinski definition) is 0. The molecule has 2 heterocycles. The first-order chi connectivity index (χ1) is 11.5. The van der Waals surface area contributed by atoms with E-state index in [4.69, 9.17) is 9.47 Å². The van der Waals surface area contributed by atoms with Gasteiger partial charge < -0.3 is 9.47 Å². The molecule has 2 aromatic heterocycles. The van der Waals surface area contributed by atoms with E-state index in [1.54, 1.807) is 24.3 Å². The molecule has 0 saturated heterocycles. The zero-order valence-electron chi connectivity index (χ0n) is 13.4. The van der Waals surface area contributed by atoms with Crippen molar-refractivity contribution in [3.63, 3.8) is 0 Å². The number of methoxy groups -OCH3 is 1. The molecule has 0 spiro atoms. The highest BCUT2D eigenvalue weighted by Crippen LogP contribution is 2.28. The third-order valence-corrected chi connectivity index (χ3v) is 4.24. The Bertz CT molecular complexity index is 1020. The minimum atomic E-state index is -0.427. The highest BCUT2D eigenvalue weighted by molar-refractivity contribution is 7.15. The fourth-order valence-corrected chi connectivity index (χ4v) is 3.12. The molecular formula is C16H15N3O4S. The molecule has 8 heteroatoms. The van der Waals surface area contributed by atoms with Crippen LogP contribution < -0.4 is 19.6 Å². The Hall–Kier alpha value is -2.74. The van der Waals surface area contributed by atoms with E-state index < -0.39 is 5.97 Å². The summed E-state index contributed by atoms with van der Waals surface area (Å²) in [5, 5.41) is 4.17. The number of hydrogen-bond acceptors (Lipinski definition) is 7. The summed E-state index contributed by atoms with van der Waals surface area (Å²) in [6, 6.07) is 5.07. The largest absolute Gasteiger partial charge is 0.493 e. The van der Waals surface area contributed by atoms with E-state index >= 15 is 0 Å². The number of ether oxygens (including phenoxy) is 2. The molecule has 3 aromatic rings. The van der Waals surface area contributed by atoms with E-state index in [9.17, 15) is 9.59 Å². The fourth-order valence-electron chi connectivity index (χ4n) is 2.19. The summed E-state index contributed by atoms with van der Waals surface area (Å²) >= 11 is 1.28. The van der Waals surface area contributed by atoms with Crippen molar-refractivity contribution < 1.29 is 14.3 Å². The van der Waals surface area contributed by atoms with Gasteiger partial charge in [-0.3, -0.25) is 9.59 Å². The lowest BCUT2D eigenvalue weighted by atomic mass is 10.2. The maximum atomic E-state index is 12.4. The summed E-state index contributed by atoms with van der Waals surface area (Å²) in [6.07, 6.45) is 2.41. The monoisotopic (exact) mass is 345 g/mol. The van der Waals surface area contributed by atoms with Gasteiger partial charge in [0.25, 0.3) is 5.56 Å². The highest BCUT2D eigenvalue weighted by atomic mass is 32.1. The van der Waals surface area contributed by atoms with Crippen molar-refractivity contribution in [1.82, 2.24) is 14.6 Å². The molecule has 24 heavy (non-hydrogen) atoms. The molecule has 0 N–H and O–H groups in total. The van der Waals surface area contributed by atoms with Crippen LogP contribution in [-0.4, -0.2) is 27.7 Å². The van der Waals surface area contributed by atoms with Crippen LogP contribution in [0, 0.1) is 0 Å². The van der Waals surface area contributed by atoms with Crippen molar-refractivity contribution in [3.8, 4) is 11.5 Å². The Morgan fingerprint density at radius 2 is 2.17 bits per heavy atom. The van der Waals surface area contributed by atoms with Gasteiger partial charge in [0.05, 0.1) is 11.6 Å². The van der Waals surface area contributed by atoms with Crippen LogP contribution in [0.4, 0.5) is 0 Å². The molecule has 0 fully saturated rings. The van der Waals surface area contributed by atoms with Crippen LogP contribution in [0.3, 0.4) is 0 Å². The zero-order valence-corrected chi connectivity index (χ0v) is 14.2. The number of benzene rings is 1. The maximum absolute atomic E-state index is 12.4. The van der Waals surface area contributed by atoms with E-state index in [0.29, 0.717) is 33.2 Å². The predicted molar refractivity (Wildman–Crippen MR) is 89.6 cm³/mol. The minimum Gasteiger partial charge on any atom is -0.493 e. The van der Waals surface area contributed by atoms with Crippen LogP contribution in [-0.2, 0) is 11.2 Å².